The molecule has 0 bridgehead atoms. The Balaban J connectivity index is 1.20. The molecule has 0 unspecified atom stereocenters. The van der Waals surface area contributed by atoms with E-state index in [0.717, 1.165) is 84.9 Å². The summed E-state index contributed by atoms with van der Waals surface area (Å²) in [5.74, 6) is -28.8. The maximum Gasteiger partial charge on any atom is 0.422 e. The fraction of sp³-hybridized carbons (Fsp3) is 0.280. The molecule has 6 rings (SSSR count). The zero-order chi connectivity index (χ0) is 57.5. The normalized spacial score (nSPS) is 12.9. The minimum absolute atomic E-state index is 0.0397. The summed E-state index contributed by atoms with van der Waals surface area (Å²) in [5, 5.41) is 0. The van der Waals surface area contributed by atoms with E-state index in [2.05, 4.69) is 18.9 Å². The van der Waals surface area contributed by atoms with Gasteiger partial charge in [0.2, 0.25) is 0 Å². The van der Waals surface area contributed by atoms with E-state index < -0.39 is 99.5 Å². The van der Waals surface area contributed by atoms with E-state index in [0.29, 0.717) is 0 Å². The van der Waals surface area contributed by atoms with Crippen molar-refractivity contribution in [2.45, 2.75) is 48.4 Å². The molecule has 0 radical (unpaired) electrons. The molecule has 8 nitrogen and oxygen atoms in total. The lowest BCUT2D eigenvalue weighted by molar-refractivity contribution is -0.371. The summed E-state index contributed by atoms with van der Waals surface area (Å²) < 4.78 is 304. The molecule has 0 saturated heterocycles. The van der Waals surface area contributed by atoms with Gasteiger partial charge in [-0.1, -0.05) is 12.1 Å². The van der Waals surface area contributed by atoms with Crippen LogP contribution < -0.4 is 38.2 Å². The second-order valence-corrected chi connectivity index (χ2v) is 16.4. The van der Waals surface area contributed by atoms with Gasteiger partial charge < -0.3 is 38.2 Å². The van der Waals surface area contributed by atoms with Gasteiger partial charge in [0.1, 0.15) is 34.5 Å². The molecule has 0 heterocycles. The van der Waals surface area contributed by atoms with Crippen molar-refractivity contribution < 1.29 is 116 Å². The van der Waals surface area contributed by atoms with E-state index in [1.807, 2.05) is 0 Å². The van der Waals surface area contributed by atoms with Gasteiger partial charge in [0.25, 0.3) is 0 Å². The Kier molecular flexibility index (Phi) is 17.6. The summed E-state index contributed by atoms with van der Waals surface area (Å²) in [7, 11) is 0. The maximum absolute atomic E-state index is 15.3. The molecule has 0 atom stereocenters. The molecule has 0 aliphatic carbocycles. The van der Waals surface area contributed by atoms with Crippen molar-refractivity contribution in [2.24, 2.45) is 0 Å². The number of anilines is 6. The maximum atomic E-state index is 15.3. The third-order valence-corrected chi connectivity index (χ3v) is 10.3. The molecular formula is C50H36F20N2O6. The summed E-state index contributed by atoms with van der Waals surface area (Å²) in [4.78, 5) is 2.39. The minimum Gasteiger partial charge on any atom is -0.487 e. The average molecular weight is 1140 g/mol. The second-order valence-electron chi connectivity index (χ2n) is 16.4. The Labute approximate surface area is 427 Å². The molecule has 6 aromatic carbocycles. The highest BCUT2D eigenvalue weighted by Crippen LogP contribution is 2.53. The van der Waals surface area contributed by atoms with Crippen LogP contribution in [0, 0.1) is 0 Å². The van der Waals surface area contributed by atoms with Crippen LogP contribution in [0.4, 0.5) is 122 Å². The largest absolute Gasteiger partial charge is 0.487 e. The van der Waals surface area contributed by atoms with Crippen molar-refractivity contribution in [2.75, 3.05) is 49.4 Å². The Morgan fingerprint density at radius 3 is 0.679 bits per heavy atom. The highest BCUT2D eigenvalue weighted by Gasteiger charge is 2.81. The first-order valence-corrected chi connectivity index (χ1v) is 21.9. The van der Waals surface area contributed by atoms with Crippen molar-refractivity contribution in [1.29, 1.82) is 0 Å². The number of ether oxygens (including phenoxy) is 6. The van der Waals surface area contributed by atoms with Crippen LogP contribution in [-0.4, -0.2) is 88.0 Å². The predicted octanol–water partition coefficient (Wildman–Crippen LogP) is 16.4. The number of alkyl halides is 20. The van der Waals surface area contributed by atoms with E-state index in [9.17, 15) is 52.7 Å². The van der Waals surface area contributed by atoms with Crippen molar-refractivity contribution in [3.63, 3.8) is 0 Å². The minimum atomic E-state index is -6.91. The van der Waals surface area contributed by atoms with Gasteiger partial charge in [-0.2, -0.15) is 87.8 Å². The predicted molar refractivity (Wildman–Crippen MR) is 239 cm³/mol. The first kappa shape index (κ1) is 59.6. The van der Waals surface area contributed by atoms with Crippen LogP contribution in [0.3, 0.4) is 0 Å². The van der Waals surface area contributed by atoms with Gasteiger partial charge in [-0.3, -0.25) is 0 Å². The van der Waals surface area contributed by atoms with Gasteiger partial charge in [0.15, 0.2) is 39.6 Å². The van der Waals surface area contributed by atoms with E-state index in [1.165, 1.54) is 70.5 Å². The first-order chi connectivity index (χ1) is 36.1. The zero-order valence-corrected chi connectivity index (χ0v) is 39.0. The smallest absolute Gasteiger partial charge is 0.422 e. The van der Waals surface area contributed by atoms with Gasteiger partial charge in [-0.05, 0) is 121 Å². The molecule has 28 heteroatoms. The van der Waals surface area contributed by atoms with E-state index >= 15 is 35.1 Å². The average Bonchev–Trinajstić information content (AvgIpc) is 3.51. The van der Waals surface area contributed by atoms with Crippen molar-refractivity contribution >= 4 is 34.1 Å². The lowest BCUT2D eigenvalue weighted by atomic mass is 9.99. The summed E-state index contributed by atoms with van der Waals surface area (Å²) in [5.41, 5.74) is -0.126. The van der Waals surface area contributed by atoms with Gasteiger partial charge in [-0.15, -0.1) is 0 Å². The molecule has 0 aliphatic rings. The Morgan fingerprint density at radius 1 is 0.244 bits per heavy atom. The molecule has 0 fully saturated rings. The van der Waals surface area contributed by atoms with Crippen LogP contribution in [0.25, 0.3) is 0 Å². The second kappa shape index (κ2) is 23.1. The number of benzene rings is 6. The number of rotatable bonds is 23. The van der Waals surface area contributed by atoms with Crippen LogP contribution >= 0.6 is 0 Å². The molecule has 0 saturated carbocycles. The molecular weight excluding hydrogens is 1100 g/mol. The number of hydrogen-bond donors (Lipinski definition) is 0. The van der Waals surface area contributed by atoms with E-state index in [1.54, 1.807) is 0 Å². The van der Waals surface area contributed by atoms with Crippen LogP contribution in [0.15, 0.2) is 146 Å². The molecule has 78 heavy (non-hydrogen) atoms. The van der Waals surface area contributed by atoms with Crippen molar-refractivity contribution in [3.05, 3.63) is 146 Å². The molecule has 0 spiro atoms. The molecule has 6 aromatic rings. The molecule has 422 valence electrons. The number of nitrogens with zero attached hydrogens (tertiary/aromatic N) is 2. The summed E-state index contributed by atoms with van der Waals surface area (Å²) in [6.07, 6.45) is -18.9. The third-order valence-electron chi connectivity index (χ3n) is 10.3. The standard InChI is InChI=1S/C50H36F20N2O6/c51-43(52,25-73-41-5-1-3-35(23-41)71(31-7-15-37(16-8-31)75-27-45(55,56)57)32-9-17-38(18-10-32)76-28-46(58,59)60)49(67,68)50(69,70)44(53,54)26-74-42-6-2-4-36(24-42)72(33-11-19-39(20-12-33)77-29-47(61,62)63)34-13-21-40(22-14-34)78-30-48(64,65)66/h1-24H,25-30H2. The Bertz CT molecular complexity index is 2560. The van der Waals surface area contributed by atoms with Crippen LogP contribution in [0.5, 0.6) is 34.5 Å². The first-order valence-electron chi connectivity index (χ1n) is 21.9. The number of hydrogen-bond acceptors (Lipinski definition) is 8. The van der Waals surface area contributed by atoms with Crippen molar-refractivity contribution in [3.8, 4) is 34.5 Å². The Morgan fingerprint density at radius 2 is 0.462 bits per heavy atom. The lowest BCUT2D eigenvalue weighted by Gasteiger charge is -2.36. The highest BCUT2D eigenvalue weighted by atomic mass is 19.4. The fourth-order valence-corrected chi connectivity index (χ4v) is 6.73. The van der Waals surface area contributed by atoms with E-state index in [4.69, 9.17) is 9.47 Å². The topological polar surface area (TPSA) is 61.9 Å². The van der Waals surface area contributed by atoms with Crippen molar-refractivity contribution in [1.82, 2.24) is 0 Å². The van der Waals surface area contributed by atoms with Crippen LogP contribution in [-0.2, 0) is 0 Å². The lowest BCUT2D eigenvalue weighted by Crippen LogP contribution is -2.65. The molecule has 0 amide bonds. The molecule has 0 N–H and O–H groups in total. The monoisotopic (exact) mass is 1140 g/mol. The van der Waals surface area contributed by atoms with Gasteiger partial charge in [-0.25, -0.2) is 0 Å². The summed E-state index contributed by atoms with van der Waals surface area (Å²) in [6, 6.07) is 25.9. The number of halogens is 20. The van der Waals surface area contributed by atoms with Gasteiger partial charge >= 0.3 is 48.4 Å². The molecule has 0 aliphatic heterocycles. The van der Waals surface area contributed by atoms with E-state index in [-0.39, 0.29) is 57.1 Å². The fourth-order valence-electron chi connectivity index (χ4n) is 6.73. The highest BCUT2D eigenvalue weighted by molar-refractivity contribution is 5.79. The summed E-state index contributed by atoms with van der Waals surface area (Å²) >= 11 is 0. The molecule has 0 aromatic heterocycles. The van der Waals surface area contributed by atoms with Crippen LogP contribution in [0.1, 0.15) is 0 Å². The SMILES string of the molecule is FC(F)(F)COc1ccc(N(c2ccc(OCC(F)(F)F)cc2)c2cccc(OCC(F)(F)C(F)(F)C(F)(F)C(F)(F)COc3cccc(N(c4ccc(OCC(F)(F)F)cc4)c4ccc(OCC(F)(F)F)cc4)c3)c2)cc1. The Hall–Kier alpha value is -7.68. The third kappa shape index (κ3) is 16.0. The van der Waals surface area contributed by atoms with Gasteiger partial charge in [0, 0.05) is 46.3 Å². The summed E-state index contributed by atoms with van der Waals surface area (Å²) in [6.45, 7) is -12.1. The van der Waals surface area contributed by atoms with Gasteiger partial charge in [0.05, 0.1) is 0 Å². The quantitative estimate of drug-likeness (QED) is 0.0588. The zero-order valence-electron chi connectivity index (χ0n) is 39.0. The van der Waals surface area contributed by atoms with Crippen LogP contribution in [0.2, 0.25) is 0 Å².